The fraction of sp³-hybridized carbons (Fsp3) is 0.500. The molecule has 0 radical (unpaired) electrons. The zero-order chi connectivity index (χ0) is 6.78. The summed E-state index contributed by atoms with van der Waals surface area (Å²) in [4.78, 5) is 10.5. The van der Waals surface area contributed by atoms with Crippen LogP contribution in [0.1, 0.15) is 0 Å². The van der Waals surface area contributed by atoms with Gasteiger partial charge in [0.25, 0.3) is 5.91 Å². The molecule has 0 aromatic heterocycles. The minimum absolute atomic E-state index is 0.334. The number of nitrogens with one attached hydrogen (secondary N) is 1. The van der Waals surface area contributed by atoms with Crippen LogP contribution in [0, 0.1) is 0 Å². The van der Waals surface area contributed by atoms with Crippen LogP contribution in [-0.2, 0) is 4.79 Å². The van der Waals surface area contributed by atoms with Crippen molar-refractivity contribution in [1.29, 1.82) is 0 Å². The van der Waals surface area contributed by atoms with Gasteiger partial charge in [-0.25, -0.2) is 0 Å². The second-order valence-electron chi connectivity index (χ2n) is 0.921. The minimum atomic E-state index is -1.03. The first-order chi connectivity index (χ1) is 3.48. The van der Waals surface area contributed by atoms with E-state index >= 15 is 0 Å². The summed E-state index contributed by atoms with van der Waals surface area (Å²) >= 11 is 12.8. The van der Waals surface area contributed by atoms with E-state index in [2.05, 4.69) is 36.4 Å². The highest BCUT2D eigenvalue weighted by molar-refractivity contribution is 14.1. The topological polar surface area (TPSA) is 29.1 Å². The Morgan fingerprint density at radius 1 is 1.88 bits per heavy atom. The van der Waals surface area contributed by atoms with E-state index in [9.17, 15) is 4.79 Å². The van der Waals surface area contributed by atoms with Crippen molar-refractivity contribution in [2.45, 2.75) is 1.79 Å². The Bertz CT molecular complexity index is 103. The quantitative estimate of drug-likeness (QED) is 0.424. The second kappa shape index (κ2) is 3.58. The maximum atomic E-state index is 10.5. The van der Waals surface area contributed by atoms with Crippen LogP contribution < -0.4 is 4.34 Å². The molecule has 8 heavy (non-hydrogen) atoms. The van der Waals surface area contributed by atoms with Crippen molar-refractivity contribution in [3.63, 3.8) is 0 Å². The van der Waals surface area contributed by atoms with Gasteiger partial charge in [0, 0.05) is 16.1 Å². The lowest BCUT2D eigenvalue weighted by atomic mass is 10.8. The number of rotatable bonds is 1. The van der Waals surface area contributed by atoms with Crippen molar-refractivity contribution in [3.05, 3.63) is 0 Å². The predicted octanol–water partition coefficient (Wildman–Crippen LogP) is 2.13. The highest BCUT2D eigenvalue weighted by Gasteiger charge is 2.27. The average molecular weight is 377 g/mol. The normalized spacial score (nSPS) is 17.0. The molecule has 1 atom stereocenters. The van der Waals surface area contributed by atoms with Crippen LogP contribution in [0.2, 0.25) is 0 Å². The van der Waals surface area contributed by atoms with Crippen LogP contribution in [0.4, 0.5) is 0 Å². The van der Waals surface area contributed by atoms with Gasteiger partial charge in [0.05, 0.1) is 0 Å². The summed E-state index contributed by atoms with van der Waals surface area (Å²) in [5.41, 5.74) is 0. The molecule has 0 spiro atoms. The summed E-state index contributed by atoms with van der Waals surface area (Å²) in [6.45, 7) is 0. The molecule has 0 rings (SSSR count). The molecule has 0 saturated heterocycles. The van der Waals surface area contributed by atoms with E-state index in [0.717, 1.165) is 0 Å². The van der Waals surface area contributed by atoms with Crippen molar-refractivity contribution >= 4 is 72.2 Å². The van der Waals surface area contributed by atoms with Gasteiger partial charge in [-0.1, -0.05) is 11.6 Å². The summed E-state index contributed by atoms with van der Waals surface area (Å²) in [7, 11) is 0. The first kappa shape index (κ1) is 9.45. The summed E-state index contributed by atoms with van der Waals surface area (Å²) in [5.74, 6) is -0.334. The number of hydrogen-bond donors (Lipinski definition) is 1. The Balaban J connectivity index is 3.82. The van der Waals surface area contributed by atoms with Crippen molar-refractivity contribution in [2.24, 2.45) is 0 Å². The molecular weight excluding hydrogens is 376 g/mol. The maximum absolute atomic E-state index is 10.5. The van der Waals surface area contributed by atoms with E-state index in [1.165, 1.54) is 0 Å². The van der Waals surface area contributed by atoms with Gasteiger partial charge < -0.3 is 0 Å². The fourth-order valence-electron chi connectivity index (χ4n) is 0.0536. The van der Waals surface area contributed by atoms with Crippen molar-refractivity contribution in [2.75, 3.05) is 0 Å². The Morgan fingerprint density at radius 3 is 2.25 bits per heavy atom. The molecule has 0 heterocycles. The Morgan fingerprint density at radius 2 is 2.25 bits per heavy atom. The first-order valence-electron chi connectivity index (χ1n) is 1.46. The molecule has 0 fully saturated rings. The van der Waals surface area contributed by atoms with Gasteiger partial charge in [-0.05, 0) is 38.5 Å². The first-order valence-corrected chi connectivity index (χ1v) is 4.50. The number of hydrogen-bond acceptors (Lipinski definition) is 1. The molecule has 0 aliphatic heterocycles. The molecule has 0 saturated carbocycles. The summed E-state index contributed by atoms with van der Waals surface area (Å²) in [5, 5.41) is 0. The van der Waals surface area contributed by atoms with Crippen LogP contribution >= 0.6 is 66.3 Å². The highest BCUT2D eigenvalue weighted by Crippen LogP contribution is 2.31. The molecule has 2 nitrogen and oxygen atoms in total. The fourth-order valence-corrected chi connectivity index (χ4v) is 1.38. The average Bonchev–Trinajstić information content (AvgIpc) is 1.62. The minimum Gasteiger partial charge on any atom is -0.290 e. The van der Waals surface area contributed by atoms with Crippen LogP contribution in [0.15, 0.2) is 0 Å². The molecule has 1 N–H and O–H groups in total. The molecule has 0 aromatic carbocycles. The van der Waals surface area contributed by atoms with Crippen LogP contribution in [0.25, 0.3) is 0 Å². The van der Waals surface area contributed by atoms with Crippen molar-refractivity contribution in [3.8, 4) is 0 Å². The van der Waals surface area contributed by atoms with E-state index in [-0.39, 0.29) is 5.91 Å². The van der Waals surface area contributed by atoms with Gasteiger partial charge in [0.15, 0.2) is 0 Å². The Labute approximate surface area is 82.3 Å². The maximum Gasteiger partial charge on any atom is 0.272 e. The standard InChI is InChI=1S/C2HBr2ClINO/c3-2(5,6)1(8)7-4/h(H,7,8). The Hall–Kier alpha value is 1.45. The Kier molecular flexibility index (Phi) is 4.23. The van der Waals surface area contributed by atoms with Gasteiger partial charge in [0.2, 0.25) is 1.79 Å². The van der Waals surface area contributed by atoms with Crippen molar-refractivity contribution in [1.82, 2.24) is 4.34 Å². The molecular formula is C2HBr2ClINO. The molecule has 1 amide bonds. The zero-order valence-electron chi connectivity index (χ0n) is 3.42. The largest absolute Gasteiger partial charge is 0.290 e. The third-order valence-electron chi connectivity index (χ3n) is 0.343. The molecule has 1 unspecified atom stereocenters. The van der Waals surface area contributed by atoms with Gasteiger partial charge >= 0.3 is 0 Å². The third-order valence-corrected chi connectivity index (χ3v) is 1.73. The molecule has 0 bridgehead atoms. The molecule has 0 aliphatic rings. The monoisotopic (exact) mass is 375 g/mol. The van der Waals surface area contributed by atoms with Gasteiger partial charge in [-0.15, -0.1) is 0 Å². The molecule has 0 aromatic rings. The van der Waals surface area contributed by atoms with Crippen LogP contribution in [-0.4, -0.2) is 7.70 Å². The zero-order valence-corrected chi connectivity index (χ0v) is 9.51. The van der Waals surface area contributed by atoms with E-state index in [4.69, 9.17) is 11.6 Å². The van der Waals surface area contributed by atoms with Gasteiger partial charge in [0.1, 0.15) is 0 Å². The van der Waals surface area contributed by atoms with Crippen LogP contribution in [0.5, 0.6) is 0 Å². The van der Waals surface area contributed by atoms with E-state index in [1.54, 1.807) is 22.6 Å². The van der Waals surface area contributed by atoms with E-state index in [0.29, 0.717) is 0 Å². The van der Waals surface area contributed by atoms with E-state index in [1.807, 2.05) is 0 Å². The van der Waals surface area contributed by atoms with Crippen molar-refractivity contribution < 1.29 is 4.79 Å². The smallest absolute Gasteiger partial charge is 0.272 e. The van der Waals surface area contributed by atoms with Gasteiger partial charge in [-0.3, -0.25) is 9.14 Å². The number of carbonyl (C=O) groups excluding carboxylic acids is 1. The molecule has 48 valence electrons. The summed E-state index contributed by atoms with van der Waals surface area (Å²) < 4.78 is 1.16. The lowest BCUT2D eigenvalue weighted by Crippen LogP contribution is -2.26. The lowest BCUT2D eigenvalue weighted by Gasteiger charge is -2.06. The number of alkyl halides is 3. The third kappa shape index (κ3) is 3.47. The molecule has 6 heteroatoms. The van der Waals surface area contributed by atoms with Gasteiger partial charge in [-0.2, -0.15) is 0 Å². The summed E-state index contributed by atoms with van der Waals surface area (Å²) in [6, 6.07) is 0. The number of amides is 1. The summed E-state index contributed by atoms with van der Waals surface area (Å²) in [6.07, 6.45) is 0. The lowest BCUT2D eigenvalue weighted by molar-refractivity contribution is -0.117. The van der Waals surface area contributed by atoms with E-state index < -0.39 is 1.79 Å². The SMILES string of the molecule is O=C(NBr)C(Cl)(Br)I. The highest BCUT2D eigenvalue weighted by atomic mass is 127. The number of halogens is 4. The van der Waals surface area contributed by atoms with Crippen LogP contribution in [0.3, 0.4) is 0 Å². The predicted molar refractivity (Wildman–Crippen MR) is 48.6 cm³/mol. The number of carbonyl (C=O) groups is 1. The molecule has 0 aliphatic carbocycles. The second-order valence-corrected chi connectivity index (χ2v) is 7.27.